The van der Waals surface area contributed by atoms with Crippen molar-refractivity contribution < 1.29 is 20.4 Å². The highest BCUT2D eigenvalue weighted by Crippen LogP contribution is 2.35. The zero-order valence-corrected chi connectivity index (χ0v) is 15.0. The van der Waals surface area contributed by atoms with Crippen LogP contribution in [-0.2, 0) is 20.9 Å². The minimum absolute atomic E-state index is 0.0493. The maximum atomic E-state index is 12.8. The van der Waals surface area contributed by atoms with Crippen LogP contribution in [0, 0.1) is 11.3 Å². The lowest BCUT2D eigenvalue weighted by atomic mass is 9.92. The van der Waals surface area contributed by atoms with Crippen molar-refractivity contribution in [3.63, 3.8) is 0 Å². The molecule has 0 N–H and O–H groups in total. The lowest BCUT2D eigenvalue weighted by molar-refractivity contribution is -0.147. The molecule has 1 saturated heterocycles. The van der Waals surface area contributed by atoms with Crippen molar-refractivity contribution in [3.8, 4) is 0 Å². The molecule has 1 aliphatic heterocycles. The summed E-state index contributed by atoms with van der Waals surface area (Å²) in [7, 11) is 0. The van der Waals surface area contributed by atoms with Gasteiger partial charge >= 0.3 is 12.1 Å². The van der Waals surface area contributed by atoms with E-state index in [1.807, 2.05) is 65.0 Å². The smallest absolute Gasteiger partial charge is 0.413 e. The van der Waals surface area contributed by atoms with Crippen LogP contribution >= 0.6 is 0 Å². The van der Waals surface area contributed by atoms with Gasteiger partial charge in [0.25, 0.3) is 0 Å². The number of carbonyl (C=O) groups excluding carboxylic acids is 2. The predicted molar refractivity (Wildman–Crippen MR) is 91.0 cm³/mol. The molecule has 0 radical (unpaired) electrons. The van der Waals surface area contributed by atoms with E-state index in [0.717, 1.165) is 10.5 Å². The molecule has 0 spiro atoms. The number of benzene rings is 1. The van der Waals surface area contributed by atoms with E-state index in [9.17, 15) is 9.59 Å². The van der Waals surface area contributed by atoms with Gasteiger partial charge in [-0.2, -0.15) is 0 Å². The Morgan fingerprint density at radius 1 is 1.33 bits per heavy atom. The van der Waals surface area contributed by atoms with E-state index >= 15 is 0 Å². The second-order valence-electron chi connectivity index (χ2n) is 7.58. The molecule has 5 heteroatoms. The van der Waals surface area contributed by atoms with Crippen molar-refractivity contribution in [1.29, 1.82) is 0 Å². The Morgan fingerprint density at radius 2 is 1.96 bits per heavy atom. The third-order valence-electron chi connectivity index (χ3n) is 3.72. The van der Waals surface area contributed by atoms with Crippen LogP contribution in [-0.4, -0.2) is 29.2 Å². The van der Waals surface area contributed by atoms with Gasteiger partial charge in [0, 0.05) is 5.41 Å². The number of rotatable bonds is 4. The topological polar surface area (TPSA) is 55.8 Å². The minimum atomic E-state index is -1.76. The Balaban J connectivity index is 2.26. The molecule has 0 bridgehead atoms. The van der Waals surface area contributed by atoms with Crippen molar-refractivity contribution in [2.24, 2.45) is 11.3 Å². The highest BCUT2D eigenvalue weighted by atomic mass is 16.6. The summed E-state index contributed by atoms with van der Waals surface area (Å²) in [6.45, 7) is 9.48. The van der Waals surface area contributed by atoms with Gasteiger partial charge in [-0.3, -0.25) is 4.90 Å². The summed E-state index contributed by atoms with van der Waals surface area (Å²) in [6, 6.07) is 7.53. The van der Waals surface area contributed by atoms with Crippen molar-refractivity contribution in [1.82, 2.24) is 4.90 Å². The quantitative estimate of drug-likeness (QED) is 0.782. The Bertz CT molecular complexity index is 626. The molecular formula is C19H27NO4. The van der Waals surface area contributed by atoms with Gasteiger partial charge in [0.05, 0.1) is 1.37 Å². The van der Waals surface area contributed by atoms with E-state index in [1.54, 1.807) is 0 Å². The van der Waals surface area contributed by atoms with Crippen LogP contribution < -0.4 is 0 Å². The van der Waals surface area contributed by atoms with Crippen molar-refractivity contribution in [2.45, 2.75) is 59.9 Å². The summed E-state index contributed by atoms with van der Waals surface area (Å²) < 4.78 is 19.5. The first kappa shape index (κ1) is 16.8. The molecule has 132 valence electrons. The largest absolute Gasteiger partial charge is 0.444 e. The lowest BCUT2D eigenvalue weighted by Gasteiger charge is -2.33. The molecule has 1 aliphatic rings. The molecule has 2 rings (SSSR count). The summed E-state index contributed by atoms with van der Waals surface area (Å²) in [4.78, 5) is 26.4. The molecular weight excluding hydrogens is 306 g/mol. The second-order valence-corrected chi connectivity index (χ2v) is 7.58. The van der Waals surface area contributed by atoms with Gasteiger partial charge in [-0.15, -0.1) is 0 Å². The average Bonchev–Trinajstić information content (AvgIpc) is 2.77. The van der Waals surface area contributed by atoms with E-state index in [2.05, 4.69) is 0 Å². The third-order valence-corrected chi connectivity index (χ3v) is 3.72. The Labute approximate surface area is 145 Å². The molecule has 0 aromatic heterocycles. The predicted octanol–water partition coefficient (Wildman–Crippen LogP) is 3.97. The highest BCUT2D eigenvalue weighted by molar-refractivity contribution is 5.84. The summed E-state index contributed by atoms with van der Waals surface area (Å²) in [5, 5.41) is 0. The lowest BCUT2D eigenvalue weighted by Crippen LogP contribution is -2.48. The van der Waals surface area contributed by atoms with Crippen LogP contribution in [0.1, 0.15) is 48.0 Å². The van der Waals surface area contributed by atoms with Gasteiger partial charge in [0.1, 0.15) is 12.6 Å². The molecule has 1 amide bonds. The third kappa shape index (κ3) is 4.28. The van der Waals surface area contributed by atoms with E-state index in [0.29, 0.717) is 0 Å². The maximum absolute atomic E-state index is 12.8. The van der Waals surface area contributed by atoms with Crippen LogP contribution in [0.5, 0.6) is 0 Å². The minimum Gasteiger partial charge on any atom is -0.444 e. The first-order valence-corrected chi connectivity index (χ1v) is 8.27. The fourth-order valence-corrected chi connectivity index (χ4v) is 2.59. The molecule has 0 unspecified atom stereocenters. The monoisotopic (exact) mass is 334 g/mol. The molecule has 2 atom stereocenters. The fraction of sp³-hybridized carbons (Fsp3) is 0.579. The van der Waals surface area contributed by atoms with Crippen LogP contribution in [0.2, 0.25) is 0 Å². The highest BCUT2D eigenvalue weighted by Gasteiger charge is 2.50. The van der Waals surface area contributed by atoms with Gasteiger partial charge in [-0.25, -0.2) is 9.59 Å². The number of ether oxygens (including phenoxy) is 2. The number of esters is 1. The summed E-state index contributed by atoms with van der Waals surface area (Å²) in [6.07, 6.45) is -1.34. The summed E-state index contributed by atoms with van der Waals surface area (Å²) in [5.74, 6) is -0.647. The van der Waals surface area contributed by atoms with E-state index in [-0.39, 0.29) is 18.9 Å². The second kappa shape index (κ2) is 7.24. The number of amides is 1. The standard InChI is InChI=1S/C19H27NO4/c1-13(2)11-15-16(21)24-17(19(3,4)5)20(15)18(22)23-12-14-9-7-6-8-10-14/h6-10,13,15,17H,11-12H2,1-5H3/t15-,17-/m0/s1/i15D. The number of hydrogen-bond donors (Lipinski definition) is 0. The van der Waals surface area contributed by atoms with Gasteiger partial charge in [-0.1, -0.05) is 65.0 Å². The molecule has 1 heterocycles. The van der Waals surface area contributed by atoms with E-state index in [4.69, 9.17) is 10.8 Å². The number of carbonyl (C=O) groups is 2. The van der Waals surface area contributed by atoms with Gasteiger partial charge < -0.3 is 9.47 Å². The fourth-order valence-electron chi connectivity index (χ4n) is 2.59. The zero-order chi connectivity index (χ0) is 18.8. The van der Waals surface area contributed by atoms with Crippen molar-refractivity contribution in [3.05, 3.63) is 35.9 Å². The Kier molecular flexibility index (Phi) is 5.07. The number of nitrogens with zero attached hydrogens (tertiary/aromatic N) is 1. The zero-order valence-electron chi connectivity index (χ0n) is 16.0. The molecule has 0 aliphatic carbocycles. The molecule has 1 aromatic rings. The van der Waals surface area contributed by atoms with Gasteiger partial charge in [0.2, 0.25) is 0 Å². The van der Waals surface area contributed by atoms with Crippen LogP contribution in [0.25, 0.3) is 0 Å². The van der Waals surface area contributed by atoms with Crippen molar-refractivity contribution in [2.75, 3.05) is 0 Å². The molecule has 5 nitrogen and oxygen atoms in total. The van der Waals surface area contributed by atoms with Crippen LogP contribution in [0.4, 0.5) is 4.79 Å². The van der Waals surface area contributed by atoms with Gasteiger partial charge in [-0.05, 0) is 17.9 Å². The first-order valence-electron chi connectivity index (χ1n) is 8.77. The van der Waals surface area contributed by atoms with E-state index in [1.165, 1.54) is 0 Å². The van der Waals surface area contributed by atoms with Crippen molar-refractivity contribution >= 4 is 12.1 Å². The summed E-state index contributed by atoms with van der Waals surface area (Å²) in [5.41, 5.74) is 0.315. The average molecular weight is 334 g/mol. The molecule has 0 saturated carbocycles. The first-order chi connectivity index (χ1) is 11.6. The normalized spacial score (nSPS) is 24.8. The maximum Gasteiger partial charge on any atom is 0.413 e. The van der Waals surface area contributed by atoms with E-state index < -0.39 is 29.7 Å². The summed E-state index contributed by atoms with van der Waals surface area (Å²) >= 11 is 0. The Hall–Kier alpha value is -2.04. The molecule has 24 heavy (non-hydrogen) atoms. The molecule has 1 aromatic carbocycles. The number of hydrogen-bond acceptors (Lipinski definition) is 4. The van der Waals surface area contributed by atoms with Gasteiger partial charge in [0.15, 0.2) is 6.23 Å². The Morgan fingerprint density at radius 3 is 2.50 bits per heavy atom. The van der Waals surface area contributed by atoms with Crippen LogP contribution in [0.3, 0.4) is 0 Å². The molecule has 1 fully saturated rings. The number of cyclic esters (lactones) is 1. The SMILES string of the molecule is [2H][C@]1(CC(C)C)C(=O)O[C@@H](C(C)(C)C)N1C(=O)OCc1ccccc1. The van der Waals surface area contributed by atoms with Crippen LogP contribution in [0.15, 0.2) is 30.3 Å².